The summed E-state index contributed by atoms with van der Waals surface area (Å²) in [5, 5.41) is 0. The summed E-state index contributed by atoms with van der Waals surface area (Å²) in [7, 11) is 1.46. The van der Waals surface area contributed by atoms with Gasteiger partial charge in [0.25, 0.3) is 0 Å². The average Bonchev–Trinajstić information content (AvgIpc) is 2.86. The Morgan fingerprint density at radius 3 is 2.18 bits per heavy atom. The van der Waals surface area contributed by atoms with E-state index < -0.39 is 29.0 Å². The molecule has 3 aromatic rings. The van der Waals surface area contributed by atoms with Crippen molar-refractivity contribution in [1.82, 2.24) is 0 Å². The summed E-state index contributed by atoms with van der Waals surface area (Å²) in [6.45, 7) is 2.15. The van der Waals surface area contributed by atoms with Crippen LogP contribution >= 0.6 is 0 Å². The fraction of sp³-hybridized carbons (Fsp3) is 0.321. The molecule has 0 bridgehead atoms. The number of methoxy groups -OCH3 is 1. The highest BCUT2D eigenvalue weighted by Crippen LogP contribution is 2.38. The standard InChI is InChI=1S/C28H27F3O3/c1-3-17-4-6-19(7-5-17)23-14-15-24(27(31)26(23)30)28(32)34-20-10-8-18(9-11-20)22-13-12-21(33-2)16-25(22)29/h8-17,19H,3-7H2,1-2H3. The first-order valence-corrected chi connectivity index (χ1v) is 11.5. The SMILES string of the molecule is CCC1CCC(c2ccc(C(=O)Oc3ccc(-c4ccc(OC)cc4F)cc3)c(F)c2F)CC1. The molecule has 0 aromatic heterocycles. The fourth-order valence-corrected chi connectivity index (χ4v) is 4.64. The normalized spacial score (nSPS) is 17.9. The molecule has 1 aliphatic carbocycles. The van der Waals surface area contributed by atoms with Gasteiger partial charge in [0, 0.05) is 11.6 Å². The molecule has 178 valence electrons. The lowest BCUT2D eigenvalue weighted by Gasteiger charge is -2.28. The van der Waals surface area contributed by atoms with E-state index in [0.717, 1.165) is 32.1 Å². The van der Waals surface area contributed by atoms with E-state index in [9.17, 15) is 18.0 Å². The quantitative estimate of drug-likeness (QED) is 0.275. The highest BCUT2D eigenvalue weighted by molar-refractivity contribution is 5.91. The summed E-state index contributed by atoms with van der Waals surface area (Å²) in [5.74, 6) is -2.44. The minimum Gasteiger partial charge on any atom is -0.497 e. The van der Waals surface area contributed by atoms with Crippen molar-refractivity contribution in [3.8, 4) is 22.6 Å². The van der Waals surface area contributed by atoms with E-state index in [1.165, 1.54) is 37.4 Å². The van der Waals surface area contributed by atoms with E-state index in [1.807, 2.05) is 0 Å². The van der Waals surface area contributed by atoms with Crippen LogP contribution in [-0.4, -0.2) is 13.1 Å². The molecule has 6 heteroatoms. The highest BCUT2D eigenvalue weighted by Gasteiger charge is 2.27. The third-order valence-electron chi connectivity index (χ3n) is 6.75. The zero-order chi connectivity index (χ0) is 24.2. The minimum absolute atomic E-state index is 0.0340. The van der Waals surface area contributed by atoms with E-state index >= 15 is 0 Å². The van der Waals surface area contributed by atoms with Crippen molar-refractivity contribution in [3.63, 3.8) is 0 Å². The summed E-state index contributed by atoms with van der Waals surface area (Å²) in [5.41, 5.74) is 0.804. The van der Waals surface area contributed by atoms with Crippen molar-refractivity contribution >= 4 is 5.97 Å². The molecule has 0 heterocycles. The molecular weight excluding hydrogens is 441 g/mol. The average molecular weight is 469 g/mol. The Labute approximate surface area is 197 Å². The number of hydrogen-bond donors (Lipinski definition) is 0. The second-order valence-electron chi connectivity index (χ2n) is 8.72. The van der Waals surface area contributed by atoms with Crippen molar-refractivity contribution < 1.29 is 27.4 Å². The minimum atomic E-state index is -1.18. The van der Waals surface area contributed by atoms with Crippen molar-refractivity contribution in [2.45, 2.75) is 44.9 Å². The number of ether oxygens (including phenoxy) is 2. The largest absolute Gasteiger partial charge is 0.497 e. The molecule has 0 atom stereocenters. The van der Waals surface area contributed by atoms with Gasteiger partial charge in [-0.25, -0.2) is 18.0 Å². The molecule has 3 aromatic carbocycles. The van der Waals surface area contributed by atoms with Crippen LogP contribution in [0, 0.1) is 23.4 Å². The molecule has 0 N–H and O–H groups in total. The van der Waals surface area contributed by atoms with Crippen molar-refractivity contribution in [1.29, 1.82) is 0 Å². The second-order valence-corrected chi connectivity index (χ2v) is 8.72. The van der Waals surface area contributed by atoms with Gasteiger partial charge in [0.05, 0.1) is 12.7 Å². The molecule has 0 unspecified atom stereocenters. The summed E-state index contributed by atoms with van der Waals surface area (Å²) in [4.78, 5) is 12.5. The Balaban J connectivity index is 1.47. The molecule has 4 rings (SSSR count). The molecule has 3 nitrogen and oxygen atoms in total. The fourth-order valence-electron chi connectivity index (χ4n) is 4.64. The molecule has 1 saturated carbocycles. The number of halogens is 3. The van der Waals surface area contributed by atoms with Gasteiger partial charge in [-0.1, -0.05) is 31.5 Å². The zero-order valence-corrected chi connectivity index (χ0v) is 19.2. The van der Waals surface area contributed by atoms with Gasteiger partial charge in [-0.3, -0.25) is 0 Å². The topological polar surface area (TPSA) is 35.5 Å². The molecule has 1 fully saturated rings. The number of hydrogen-bond acceptors (Lipinski definition) is 3. The lowest BCUT2D eigenvalue weighted by molar-refractivity contribution is 0.0728. The smallest absolute Gasteiger partial charge is 0.346 e. The van der Waals surface area contributed by atoms with Gasteiger partial charge >= 0.3 is 5.97 Å². The maximum Gasteiger partial charge on any atom is 0.346 e. The molecule has 0 saturated heterocycles. The third-order valence-corrected chi connectivity index (χ3v) is 6.75. The van der Waals surface area contributed by atoms with Crippen LogP contribution in [0.15, 0.2) is 54.6 Å². The second kappa shape index (κ2) is 10.3. The van der Waals surface area contributed by atoms with E-state index in [-0.39, 0.29) is 11.7 Å². The van der Waals surface area contributed by atoms with Crippen molar-refractivity contribution in [2.75, 3.05) is 7.11 Å². The van der Waals surface area contributed by atoms with E-state index in [1.54, 1.807) is 24.3 Å². The summed E-state index contributed by atoms with van der Waals surface area (Å²) >= 11 is 0. The first kappa shape index (κ1) is 23.9. The number of rotatable bonds is 6. The predicted molar refractivity (Wildman–Crippen MR) is 125 cm³/mol. The highest BCUT2D eigenvalue weighted by atomic mass is 19.2. The zero-order valence-electron chi connectivity index (χ0n) is 19.2. The van der Waals surface area contributed by atoms with Gasteiger partial charge in [-0.05, 0) is 79.0 Å². The summed E-state index contributed by atoms with van der Waals surface area (Å²) < 4.78 is 54.2. The van der Waals surface area contributed by atoms with Gasteiger partial charge in [0.2, 0.25) is 0 Å². The number of carbonyl (C=O) groups is 1. The van der Waals surface area contributed by atoms with Gasteiger partial charge < -0.3 is 9.47 Å². The van der Waals surface area contributed by atoms with Gasteiger partial charge in [-0.2, -0.15) is 0 Å². The first-order valence-electron chi connectivity index (χ1n) is 11.5. The maximum atomic E-state index is 14.8. The van der Waals surface area contributed by atoms with Crippen LogP contribution in [0.3, 0.4) is 0 Å². The lowest BCUT2D eigenvalue weighted by Crippen LogP contribution is -2.16. The van der Waals surface area contributed by atoms with Crippen LogP contribution in [0.2, 0.25) is 0 Å². The van der Waals surface area contributed by atoms with E-state index in [4.69, 9.17) is 9.47 Å². The van der Waals surface area contributed by atoms with Crippen LogP contribution in [0.1, 0.15) is 60.9 Å². The van der Waals surface area contributed by atoms with E-state index in [2.05, 4.69) is 6.92 Å². The monoisotopic (exact) mass is 468 g/mol. The molecule has 0 radical (unpaired) electrons. The molecule has 0 aliphatic heterocycles. The summed E-state index contributed by atoms with van der Waals surface area (Å²) in [6, 6.07) is 13.4. The molecule has 0 amide bonds. The Kier molecular flexibility index (Phi) is 7.25. The molecule has 34 heavy (non-hydrogen) atoms. The lowest BCUT2D eigenvalue weighted by atomic mass is 9.77. The Morgan fingerprint density at radius 2 is 1.56 bits per heavy atom. The number of esters is 1. The van der Waals surface area contributed by atoms with Gasteiger partial charge in [0.15, 0.2) is 11.6 Å². The van der Waals surface area contributed by atoms with Gasteiger partial charge in [-0.15, -0.1) is 0 Å². The first-order chi connectivity index (χ1) is 16.4. The Bertz CT molecular complexity index is 1170. The van der Waals surface area contributed by atoms with E-state index in [0.29, 0.717) is 28.4 Å². The molecule has 1 aliphatic rings. The van der Waals surface area contributed by atoms with Gasteiger partial charge in [0.1, 0.15) is 17.3 Å². The van der Waals surface area contributed by atoms with Crippen LogP contribution in [0.5, 0.6) is 11.5 Å². The third kappa shape index (κ3) is 4.96. The maximum absolute atomic E-state index is 14.8. The summed E-state index contributed by atoms with van der Waals surface area (Å²) in [6.07, 6.45) is 4.74. The number of benzene rings is 3. The number of carbonyl (C=O) groups excluding carboxylic acids is 1. The van der Waals surface area contributed by atoms with Crippen molar-refractivity contribution in [3.05, 3.63) is 83.2 Å². The van der Waals surface area contributed by atoms with Crippen LogP contribution in [0.4, 0.5) is 13.2 Å². The van der Waals surface area contributed by atoms with Crippen LogP contribution in [0.25, 0.3) is 11.1 Å². The molecule has 0 spiro atoms. The molecular formula is C28H27F3O3. The Morgan fingerprint density at radius 1 is 0.882 bits per heavy atom. The van der Waals surface area contributed by atoms with Crippen LogP contribution < -0.4 is 9.47 Å². The predicted octanol–water partition coefficient (Wildman–Crippen LogP) is 7.68. The van der Waals surface area contributed by atoms with Crippen LogP contribution in [-0.2, 0) is 0 Å². The van der Waals surface area contributed by atoms with Crippen molar-refractivity contribution in [2.24, 2.45) is 5.92 Å². The Hall–Kier alpha value is -3.28.